The summed E-state index contributed by atoms with van der Waals surface area (Å²) >= 11 is 1.73. The fourth-order valence-electron chi connectivity index (χ4n) is 2.83. The van der Waals surface area contributed by atoms with Gasteiger partial charge >= 0.3 is 0 Å². The molecule has 0 N–H and O–H groups in total. The van der Waals surface area contributed by atoms with Crippen molar-refractivity contribution in [1.29, 1.82) is 0 Å². The van der Waals surface area contributed by atoms with Crippen molar-refractivity contribution < 1.29 is 4.79 Å². The van der Waals surface area contributed by atoms with Gasteiger partial charge in [-0.2, -0.15) is 0 Å². The number of carbonyl (C=O) groups excluding carboxylic acids is 1. The third-order valence-corrected chi connectivity index (χ3v) is 5.03. The number of amides is 1. The molecule has 0 radical (unpaired) electrons. The van der Waals surface area contributed by atoms with Crippen molar-refractivity contribution >= 4 is 17.7 Å². The van der Waals surface area contributed by atoms with Crippen molar-refractivity contribution in [3.63, 3.8) is 0 Å². The van der Waals surface area contributed by atoms with Crippen molar-refractivity contribution in [3.8, 4) is 11.1 Å². The average molecular weight is 326 g/mol. The molecule has 0 saturated carbocycles. The Morgan fingerprint density at radius 1 is 0.957 bits per heavy atom. The van der Waals surface area contributed by atoms with Crippen LogP contribution in [0, 0.1) is 0 Å². The highest BCUT2D eigenvalue weighted by Gasteiger charge is 2.20. The number of thioether (sulfide) groups is 1. The van der Waals surface area contributed by atoms with Gasteiger partial charge in [0.05, 0.1) is 0 Å². The van der Waals surface area contributed by atoms with Gasteiger partial charge in [0, 0.05) is 36.6 Å². The molecule has 1 fully saturated rings. The first-order chi connectivity index (χ1) is 11.2. The van der Waals surface area contributed by atoms with Crippen molar-refractivity contribution in [2.24, 2.45) is 0 Å². The second kappa shape index (κ2) is 7.20. The molecule has 0 spiro atoms. The quantitative estimate of drug-likeness (QED) is 0.807. The summed E-state index contributed by atoms with van der Waals surface area (Å²) in [5, 5.41) is 0. The Bertz CT molecular complexity index is 693. The van der Waals surface area contributed by atoms with E-state index in [1.165, 1.54) is 4.90 Å². The molecule has 2 aromatic rings. The van der Waals surface area contributed by atoms with E-state index in [9.17, 15) is 4.79 Å². The molecule has 0 aliphatic carbocycles. The maximum atomic E-state index is 12.7. The Hall–Kier alpha value is -1.78. The van der Waals surface area contributed by atoms with Crippen LogP contribution in [0.15, 0.2) is 53.4 Å². The predicted molar refractivity (Wildman–Crippen MR) is 97.1 cm³/mol. The minimum Gasteiger partial charge on any atom is -0.336 e. The number of likely N-dealkylation sites (N-methyl/N-ethyl adjacent to an activating group) is 1. The first-order valence-corrected chi connectivity index (χ1v) is 9.12. The third-order valence-electron chi connectivity index (χ3n) is 4.30. The number of hydrogen-bond acceptors (Lipinski definition) is 3. The summed E-state index contributed by atoms with van der Waals surface area (Å²) in [6, 6.07) is 16.4. The Morgan fingerprint density at radius 2 is 1.61 bits per heavy atom. The average Bonchev–Trinajstić information content (AvgIpc) is 2.62. The fraction of sp³-hybridized carbons (Fsp3) is 0.316. The number of rotatable bonds is 3. The molecule has 1 amide bonds. The summed E-state index contributed by atoms with van der Waals surface area (Å²) in [6.45, 7) is 3.51. The maximum Gasteiger partial charge on any atom is 0.253 e. The monoisotopic (exact) mass is 326 g/mol. The largest absolute Gasteiger partial charge is 0.336 e. The van der Waals surface area contributed by atoms with Crippen molar-refractivity contribution in [1.82, 2.24) is 9.80 Å². The molecular weight excluding hydrogens is 304 g/mol. The van der Waals surface area contributed by atoms with Gasteiger partial charge in [-0.1, -0.05) is 24.3 Å². The Balaban J connectivity index is 1.83. The number of piperazine rings is 1. The first-order valence-electron chi connectivity index (χ1n) is 7.89. The lowest BCUT2D eigenvalue weighted by atomic mass is 10.0. The Morgan fingerprint density at radius 3 is 2.30 bits per heavy atom. The second-order valence-electron chi connectivity index (χ2n) is 5.91. The summed E-state index contributed by atoms with van der Waals surface area (Å²) in [5.41, 5.74) is 3.03. The van der Waals surface area contributed by atoms with Crippen LogP contribution in [0.4, 0.5) is 0 Å². The molecule has 1 aliphatic heterocycles. The van der Waals surface area contributed by atoms with E-state index in [-0.39, 0.29) is 5.91 Å². The van der Waals surface area contributed by atoms with Crippen LogP contribution in [0.3, 0.4) is 0 Å². The third kappa shape index (κ3) is 3.77. The molecule has 120 valence electrons. The molecule has 1 heterocycles. The Kier molecular flexibility index (Phi) is 5.03. The van der Waals surface area contributed by atoms with Crippen LogP contribution < -0.4 is 0 Å². The minimum atomic E-state index is 0.140. The number of hydrogen-bond donors (Lipinski definition) is 0. The number of nitrogens with zero attached hydrogens (tertiary/aromatic N) is 2. The number of carbonyl (C=O) groups is 1. The van der Waals surface area contributed by atoms with Gasteiger partial charge in [0.25, 0.3) is 5.91 Å². The van der Waals surface area contributed by atoms with Gasteiger partial charge in [0.1, 0.15) is 0 Å². The highest BCUT2D eigenvalue weighted by atomic mass is 32.2. The van der Waals surface area contributed by atoms with E-state index in [0.717, 1.165) is 42.9 Å². The van der Waals surface area contributed by atoms with Crippen LogP contribution >= 0.6 is 11.8 Å². The molecule has 4 heteroatoms. The van der Waals surface area contributed by atoms with Crippen LogP contribution in [0.1, 0.15) is 10.4 Å². The zero-order valence-corrected chi connectivity index (χ0v) is 14.5. The SMILES string of the molecule is CSc1cccc(-c2cccc(C(=O)N3CCN(C)CC3)c2)c1. The van der Waals surface area contributed by atoms with Crippen LogP contribution in [-0.4, -0.2) is 55.2 Å². The fourth-order valence-corrected chi connectivity index (χ4v) is 3.29. The van der Waals surface area contributed by atoms with Crippen LogP contribution in [0.2, 0.25) is 0 Å². The smallest absolute Gasteiger partial charge is 0.253 e. The first kappa shape index (κ1) is 16.1. The standard InChI is InChI=1S/C19H22N2OS/c1-20-9-11-21(12-10-20)19(22)17-7-3-5-15(13-17)16-6-4-8-18(14-16)23-2/h3-8,13-14H,9-12H2,1-2H3. The van der Waals surface area contributed by atoms with Gasteiger partial charge in [-0.25, -0.2) is 0 Å². The summed E-state index contributed by atoms with van der Waals surface area (Å²) in [7, 11) is 2.10. The summed E-state index contributed by atoms with van der Waals surface area (Å²) in [4.78, 5) is 18.2. The molecule has 1 aliphatic rings. The zero-order valence-electron chi connectivity index (χ0n) is 13.7. The van der Waals surface area contributed by atoms with E-state index < -0.39 is 0 Å². The van der Waals surface area contributed by atoms with E-state index in [4.69, 9.17) is 0 Å². The molecule has 3 nitrogen and oxygen atoms in total. The van der Waals surface area contributed by atoms with Gasteiger partial charge in [-0.05, 0) is 48.7 Å². The molecule has 0 aromatic heterocycles. The van der Waals surface area contributed by atoms with Crippen molar-refractivity contribution in [2.75, 3.05) is 39.5 Å². The molecule has 3 rings (SSSR count). The van der Waals surface area contributed by atoms with E-state index >= 15 is 0 Å². The molecule has 1 saturated heterocycles. The lowest BCUT2D eigenvalue weighted by molar-refractivity contribution is 0.0664. The van der Waals surface area contributed by atoms with Gasteiger partial charge in [-0.15, -0.1) is 11.8 Å². The molecule has 0 bridgehead atoms. The topological polar surface area (TPSA) is 23.6 Å². The van der Waals surface area contributed by atoms with E-state index in [1.54, 1.807) is 11.8 Å². The van der Waals surface area contributed by atoms with Gasteiger partial charge < -0.3 is 9.80 Å². The normalized spacial score (nSPS) is 15.7. The van der Waals surface area contributed by atoms with E-state index in [0.29, 0.717) is 0 Å². The van der Waals surface area contributed by atoms with Crippen LogP contribution in [-0.2, 0) is 0 Å². The predicted octanol–water partition coefficient (Wildman–Crippen LogP) is 3.46. The lowest BCUT2D eigenvalue weighted by Gasteiger charge is -2.32. The van der Waals surface area contributed by atoms with Crippen molar-refractivity contribution in [2.45, 2.75) is 4.90 Å². The summed E-state index contributed by atoms with van der Waals surface area (Å²) in [5.74, 6) is 0.140. The van der Waals surface area contributed by atoms with Crippen LogP contribution in [0.25, 0.3) is 11.1 Å². The van der Waals surface area contributed by atoms with Crippen molar-refractivity contribution in [3.05, 3.63) is 54.1 Å². The molecule has 2 aromatic carbocycles. The Labute approximate surface area is 142 Å². The highest BCUT2D eigenvalue weighted by molar-refractivity contribution is 7.98. The summed E-state index contributed by atoms with van der Waals surface area (Å²) in [6.07, 6.45) is 2.08. The molecule has 23 heavy (non-hydrogen) atoms. The van der Waals surface area contributed by atoms with Gasteiger partial charge in [0.2, 0.25) is 0 Å². The lowest BCUT2D eigenvalue weighted by Crippen LogP contribution is -2.47. The molecule has 0 unspecified atom stereocenters. The van der Waals surface area contributed by atoms with Gasteiger partial charge in [0.15, 0.2) is 0 Å². The number of benzene rings is 2. The molecule has 0 atom stereocenters. The van der Waals surface area contributed by atoms with E-state index in [2.05, 4.69) is 48.5 Å². The highest BCUT2D eigenvalue weighted by Crippen LogP contribution is 2.25. The zero-order chi connectivity index (χ0) is 16.2. The van der Waals surface area contributed by atoms with Crippen LogP contribution in [0.5, 0.6) is 0 Å². The summed E-state index contributed by atoms with van der Waals surface area (Å²) < 4.78 is 0. The minimum absolute atomic E-state index is 0.140. The maximum absolute atomic E-state index is 12.7. The second-order valence-corrected chi connectivity index (χ2v) is 6.79. The van der Waals surface area contributed by atoms with E-state index in [1.807, 2.05) is 23.1 Å². The molecular formula is C19H22N2OS. The van der Waals surface area contributed by atoms with Gasteiger partial charge in [-0.3, -0.25) is 4.79 Å².